The van der Waals surface area contributed by atoms with Crippen molar-refractivity contribution < 1.29 is 13.2 Å². The lowest BCUT2D eigenvalue weighted by Crippen LogP contribution is -2.13. The topological polar surface area (TPSA) is 71.2 Å². The van der Waals surface area contributed by atoms with E-state index in [2.05, 4.69) is 9.71 Å². The van der Waals surface area contributed by atoms with E-state index in [0.717, 1.165) is 10.9 Å². The lowest BCUT2D eigenvalue weighted by Gasteiger charge is -2.10. The van der Waals surface area contributed by atoms with Crippen LogP contribution in [0.25, 0.3) is 10.9 Å². The Hall–Kier alpha value is -2.47. The Kier molecular flexibility index (Phi) is 3.77. The molecule has 6 heteroatoms. The van der Waals surface area contributed by atoms with Gasteiger partial charge in [-0.3, -0.25) is 4.72 Å². The fourth-order valence-electron chi connectivity index (χ4n) is 2.26. The van der Waals surface area contributed by atoms with E-state index < -0.39 is 10.0 Å². The first-order chi connectivity index (χ1) is 10.6. The van der Waals surface area contributed by atoms with Crippen molar-refractivity contribution in [1.29, 1.82) is 0 Å². The summed E-state index contributed by atoms with van der Waals surface area (Å²) in [5.41, 5.74) is 1.43. The van der Waals surface area contributed by atoms with Gasteiger partial charge in [0.25, 0.3) is 10.0 Å². The number of benzene rings is 2. The largest absolute Gasteiger partial charge is 0.494 e. The zero-order chi connectivity index (χ0) is 15.6. The number of aromatic amines is 1. The van der Waals surface area contributed by atoms with Gasteiger partial charge in [0.15, 0.2) is 0 Å². The average Bonchev–Trinajstić information content (AvgIpc) is 2.97. The van der Waals surface area contributed by atoms with Crippen molar-refractivity contribution in [2.45, 2.75) is 11.8 Å². The minimum atomic E-state index is -3.63. The van der Waals surface area contributed by atoms with Crippen LogP contribution >= 0.6 is 0 Å². The first-order valence-electron chi connectivity index (χ1n) is 6.92. The third kappa shape index (κ3) is 2.78. The van der Waals surface area contributed by atoms with Gasteiger partial charge in [0, 0.05) is 17.1 Å². The first kappa shape index (κ1) is 14.5. The van der Waals surface area contributed by atoms with E-state index in [4.69, 9.17) is 4.74 Å². The number of anilines is 1. The molecule has 1 aromatic heterocycles. The smallest absolute Gasteiger partial charge is 0.261 e. The Balaban J connectivity index is 1.91. The molecule has 3 rings (SSSR count). The van der Waals surface area contributed by atoms with Crippen molar-refractivity contribution >= 4 is 26.6 Å². The van der Waals surface area contributed by atoms with E-state index in [1.165, 1.54) is 12.1 Å². The second kappa shape index (κ2) is 5.73. The van der Waals surface area contributed by atoms with Gasteiger partial charge in [-0.2, -0.15) is 0 Å². The predicted octanol–water partition coefficient (Wildman–Crippen LogP) is 3.37. The molecule has 0 fully saturated rings. The maximum absolute atomic E-state index is 12.5. The van der Waals surface area contributed by atoms with Crippen LogP contribution in [0.2, 0.25) is 0 Å². The second-order valence-corrected chi connectivity index (χ2v) is 6.44. The van der Waals surface area contributed by atoms with Crippen LogP contribution in [0.5, 0.6) is 5.75 Å². The highest BCUT2D eigenvalue weighted by atomic mass is 32.2. The molecule has 0 atom stereocenters. The third-order valence-corrected chi connectivity index (χ3v) is 4.67. The molecule has 1 heterocycles. The summed E-state index contributed by atoms with van der Waals surface area (Å²) in [7, 11) is -3.63. The lowest BCUT2D eigenvalue weighted by molar-refractivity contribution is 0.340. The molecule has 5 nitrogen and oxygen atoms in total. The van der Waals surface area contributed by atoms with Crippen molar-refractivity contribution in [2.24, 2.45) is 0 Å². The maximum Gasteiger partial charge on any atom is 0.261 e. The number of aromatic nitrogens is 1. The molecule has 114 valence electrons. The summed E-state index contributed by atoms with van der Waals surface area (Å²) < 4.78 is 32.9. The molecule has 0 saturated carbocycles. The van der Waals surface area contributed by atoms with Crippen LogP contribution in [0.15, 0.2) is 59.6 Å². The number of fused-ring (bicyclic) bond motifs is 1. The van der Waals surface area contributed by atoms with Crippen molar-refractivity contribution in [3.8, 4) is 5.75 Å². The van der Waals surface area contributed by atoms with Gasteiger partial charge in [-0.25, -0.2) is 8.42 Å². The summed E-state index contributed by atoms with van der Waals surface area (Å²) in [5.74, 6) is 0.647. The van der Waals surface area contributed by atoms with Crippen LogP contribution in [0.3, 0.4) is 0 Å². The number of nitrogens with one attached hydrogen (secondary N) is 2. The molecule has 0 aliphatic heterocycles. The minimum Gasteiger partial charge on any atom is -0.494 e. The summed E-state index contributed by atoms with van der Waals surface area (Å²) in [6.07, 6.45) is 1.78. The summed E-state index contributed by atoms with van der Waals surface area (Å²) in [5, 5.41) is 0.831. The Morgan fingerprint density at radius 3 is 2.59 bits per heavy atom. The lowest BCUT2D eigenvalue weighted by atomic mass is 10.2. The molecular weight excluding hydrogens is 300 g/mol. The van der Waals surface area contributed by atoms with Crippen LogP contribution in [0, 0.1) is 0 Å². The maximum atomic E-state index is 12.5. The Morgan fingerprint density at radius 2 is 1.86 bits per heavy atom. The zero-order valence-electron chi connectivity index (χ0n) is 12.0. The highest BCUT2D eigenvalue weighted by Gasteiger charge is 2.15. The summed E-state index contributed by atoms with van der Waals surface area (Å²) >= 11 is 0. The van der Waals surface area contributed by atoms with Gasteiger partial charge in [0.05, 0.1) is 17.2 Å². The molecule has 3 aromatic rings. The van der Waals surface area contributed by atoms with Gasteiger partial charge in [-0.05, 0) is 49.4 Å². The average molecular weight is 316 g/mol. The molecule has 2 aromatic carbocycles. The van der Waals surface area contributed by atoms with Crippen molar-refractivity contribution in [3.63, 3.8) is 0 Å². The fourth-order valence-corrected chi connectivity index (χ4v) is 3.34. The quantitative estimate of drug-likeness (QED) is 0.758. The first-order valence-corrected chi connectivity index (χ1v) is 8.40. The Bertz CT molecular complexity index is 883. The molecule has 0 bridgehead atoms. The van der Waals surface area contributed by atoms with E-state index in [9.17, 15) is 8.42 Å². The molecule has 0 amide bonds. The normalized spacial score (nSPS) is 11.5. The zero-order valence-corrected chi connectivity index (χ0v) is 12.9. The van der Waals surface area contributed by atoms with Crippen molar-refractivity contribution in [3.05, 3.63) is 54.7 Å². The molecule has 0 saturated heterocycles. The number of H-pyrrole nitrogens is 1. The molecule has 0 spiro atoms. The number of rotatable bonds is 5. The van der Waals surface area contributed by atoms with Gasteiger partial charge < -0.3 is 9.72 Å². The number of ether oxygens (including phenoxy) is 1. The molecule has 2 N–H and O–H groups in total. The fraction of sp³-hybridized carbons (Fsp3) is 0.125. The summed E-state index contributed by atoms with van der Waals surface area (Å²) in [6.45, 7) is 2.42. The van der Waals surface area contributed by atoms with Gasteiger partial charge in [0.2, 0.25) is 0 Å². The van der Waals surface area contributed by atoms with Crippen molar-refractivity contribution in [1.82, 2.24) is 4.98 Å². The van der Waals surface area contributed by atoms with Crippen LogP contribution in [0.4, 0.5) is 5.69 Å². The van der Waals surface area contributed by atoms with Gasteiger partial charge in [0.1, 0.15) is 5.75 Å². The van der Waals surface area contributed by atoms with Crippen LogP contribution in [0.1, 0.15) is 6.92 Å². The SMILES string of the molecule is CCOc1ccc(S(=O)(=O)Nc2cccc3[nH]ccc23)cc1. The monoisotopic (exact) mass is 316 g/mol. The van der Waals surface area contributed by atoms with Crippen molar-refractivity contribution in [2.75, 3.05) is 11.3 Å². The molecule has 22 heavy (non-hydrogen) atoms. The molecule has 0 radical (unpaired) electrons. The molecular formula is C16H16N2O3S. The Labute approximate surface area is 129 Å². The third-order valence-electron chi connectivity index (χ3n) is 3.28. The summed E-state index contributed by atoms with van der Waals surface area (Å²) in [4.78, 5) is 3.25. The highest BCUT2D eigenvalue weighted by molar-refractivity contribution is 7.92. The highest BCUT2D eigenvalue weighted by Crippen LogP contribution is 2.25. The van der Waals surface area contributed by atoms with Crippen LogP contribution in [-0.2, 0) is 10.0 Å². The Morgan fingerprint density at radius 1 is 1.09 bits per heavy atom. The van der Waals surface area contributed by atoms with E-state index in [1.807, 2.05) is 19.1 Å². The molecule has 0 unspecified atom stereocenters. The van der Waals surface area contributed by atoms with Crippen LogP contribution in [-0.4, -0.2) is 20.0 Å². The number of hydrogen-bond acceptors (Lipinski definition) is 3. The van der Waals surface area contributed by atoms with E-state index in [0.29, 0.717) is 18.0 Å². The molecule has 0 aliphatic rings. The standard InChI is InChI=1S/C16H16N2O3S/c1-2-21-12-6-8-13(9-7-12)22(19,20)18-16-5-3-4-15-14(16)10-11-17-15/h3-11,17-18H,2H2,1H3. The minimum absolute atomic E-state index is 0.198. The predicted molar refractivity (Wildman–Crippen MR) is 86.7 cm³/mol. The van der Waals surface area contributed by atoms with Crippen LogP contribution < -0.4 is 9.46 Å². The van der Waals surface area contributed by atoms with E-state index >= 15 is 0 Å². The summed E-state index contributed by atoms with van der Waals surface area (Å²) in [6, 6.07) is 13.6. The van der Waals surface area contributed by atoms with Gasteiger partial charge in [-0.15, -0.1) is 0 Å². The van der Waals surface area contributed by atoms with E-state index in [-0.39, 0.29) is 4.90 Å². The number of sulfonamides is 1. The second-order valence-electron chi connectivity index (χ2n) is 4.75. The van der Waals surface area contributed by atoms with Gasteiger partial charge in [-0.1, -0.05) is 6.07 Å². The van der Waals surface area contributed by atoms with Gasteiger partial charge >= 0.3 is 0 Å². The number of hydrogen-bond donors (Lipinski definition) is 2. The van der Waals surface area contributed by atoms with E-state index in [1.54, 1.807) is 30.5 Å². The molecule has 0 aliphatic carbocycles.